The van der Waals surface area contributed by atoms with Gasteiger partial charge in [0.25, 0.3) is 5.91 Å². The second kappa shape index (κ2) is 17.4. The molecule has 4 aromatic carbocycles. The van der Waals surface area contributed by atoms with Crippen LogP contribution in [0.3, 0.4) is 0 Å². The predicted octanol–water partition coefficient (Wildman–Crippen LogP) is 7.70. The number of hydrogen-bond acceptors (Lipinski definition) is 8. The summed E-state index contributed by atoms with van der Waals surface area (Å²) in [5.41, 5.74) is 26.5. The van der Waals surface area contributed by atoms with Crippen LogP contribution in [0.25, 0.3) is 20.9 Å². The number of ether oxygens (including phenoxy) is 2. The van der Waals surface area contributed by atoms with Crippen molar-refractivity contribution in [3.05, 3.63) is 155 Å². The van der Waals surface area contributed by atoms with Crippen molar-refractivity contribution in [2.24, 2.45) is 15.2 Å². The van der Waals surface area contributed by atoms with Crippen molar-refractivity contribution in [2.45, 2.75) is 44.1 Å². The predicted molar refractivity (Wildman–Crippen MR) is 190 cm³/mol. The minimum absolute atomic E-state index is 0.0164. The molecule has 0 spiro atoms. The Hall–Kier alpha value is -5.26. The number of carbonyl (C=O) groups excluding carboxylic acids is 1. The molecule has 0 radical (unpaired) electrons. The number of amides is 1. The van der Waals surface area contributed by atoms with Crippen LogP contribution < -0.4 is 15.6 Å². The van der Waals surface area contributed by atoms with Gasteiger partial charge in [0.15, 0.2) is 11.6 Å². The number of aliphatic hydroxyl groups excluding tert-OH is 1. The van der Waals surface area contributed by atoms with Crippen LogP contribution in [0.5, 0.6) is 5.75 Å². The fraction of sp³-hybridized carbons (Fsp3) is 0.257. The molecular weight excluding hydrogens is 681 g/mol. The molecule has 3 N–H and O–H groups in total. The Labute approximate surface area is 298 Å². The van der Waals surface area contributed by atoms with Crippen molar-refractivity contribution < 1.29 is 19.4 Å². The molecule has 2 atom stereocenters. The van der Waals surface area contributed by atoms with Gasteiger partial charge in [0.2, 0.25) is 5.90 Å². The summed E-state index contributed by atoms with van der Waals surface area (Å²) in [5, 5.41) is 17.5. The molecule has 1 aliphatic heterocycles. The SMILES string of the molecule is [N-]=[N+]=NCc1ccccc1C[C@]1(C(=O)NNCc2ccc(Cl)c(Cl)c2)N=C(c2ccc(OCCCO)cc2)O[C@H]1c1ccccc1CN=[N+]=[N-]. The fourth-order valence-electron chi connectivity index (χ4n) is 5.57. The van der Waals surface area contributed by atoms with E-state index in [9.17, 15) is 4.79 Å². The largest absolute Gasteiger partial charge is 0.494 e. The van der Waals surface area contributed by atoms with Crippen LogP contribution in [0, 0.1) is 0 Å². The number of hydrogen-bond donors (Lipinski definition) is 3. The monoisotopic (exact) mass is 713 g/mol. The van der Waals surface area contributed by atoms with E-state index in [1.54, 1.807) is 42.5 Å². The maximum absolute atomic E-state index is 14.7. The molecule has 0 aliphatic carbocycles. The highest BCUT2D eigenvalue weighted by molar-refractivity contribution is 6.42. The van der Waals surface area contributed by atoms with Crippen molar-refractivity contribution >= 4 is 35.0 Å². The lowest BCUT2D eigenvalue weighted by atomic mass is 9.80. The van der Waals surface area contributed by atoms with Crippen molar-refractivity contribution in [1.82, 2.24) is 10.9 Å². The Morgan fingerprint density at radius 1 is 0.920 bits per heavy atom. The summed E-state index contributed by atoms with van der Waals surface area (Å²) >= 11 is 12.3. The lowest BCUT2D eigenvalue weighted by Crippen LogP contribution is -2.54. The number of rotatable bonds is 16. The summed E-state index contributed by atoms with van der Waals surface area (Å²) in [4.78, 5) is 25.6. The van der Waals surface area contributed by atoms with E-state index in [2.05, 4.69) is 30.9 Å². The smallest absolute Gasteiger partial charge is 0.266 e. The molecule has 0 saturated carbocycles. The number of azide groups is 2. The molecule has 4 aromatic rings. The molecule has 13 nitrogen and oxygen atoms in total. The standard InChI is InChI=1S/C35H33Cl2N9O4/c36-30-15-10-23(18-31(30)37)20-40-44-34(48)35(19-25-6-1-2-7-26(25)21-41-45-38)32(29-9-4-3-8-27(29)22-42-46-39)50-33(43-35)24-11-13-28(14-12-24)49-17-5-16-47/h1-4,6-15,18,32,40,47H,5,16-17,19-22H2,(H,44,48)/t32-,35-/m0/s1. The molecule has 5 rings (SSSR count). The van der Waals surface area contributed by atoms with Crippen LogP contribution in [0.1, 0.15) is 45.9 Å². The summed E-state index contributed by atoms with van der Waals surface area (Å²) in [7, 11) is 0. The Bertz CT molecular complexity index is 1950. The number of nitrogens with zero attached hydrogens (tertiary/aromatic N) is 7. The molecule has 1 heterocycles. The van der Waals surface area contributed by atoms with Crippen LogP contribution in [0.4, 0.5) is 0 Å². The maximum atomic E-state index is 14.7. The highest BCUT2D eigenvalue weighted by atomic mass is 35.5. The van der Waals surface area contributed by atoms with Gasteiger partial charge in [-0.3, -0.25) is 10.2 Å². The molecule has 0 bridgehead atoms. The first-order valence-electron chi connectivity index (χ1n) is 15.6. The van der Waals surface area contributed by atoms with E-state index < -0.39 is 17.6 Å². The third kappa shape index (κ3) is 8.66. The lowest BCUT2D eigenvalue weighted by molar-refractivity contribution is -0.130. The average molecular weight is 715 g/mol. The van der Waals surface area contributed by atoms with E-state index >= 15 is 0 Å². The van der Waals surface area contributed by atoms with Crippen LogP contribution in [0.2, 0.25) is 10.0 Å². The summed E-state index contributed by atoms with van der Waals surface area (Å²) in [6.45, 7) is 0.671. The minimum Gasteiger partial charge on any atom is -0.494 e. The molecule has 0 aromatic heterocycles. The Balaban J connectivity index is 1.60. The first-order valence-corrected chi connectivity index (χ1v) is 16.4. The molecule has 15 heteroatoms. The lowest BCUT2D eigenvalue weighted by Gasteiger charge is -2.32. The zero-order chi connectivity index (χ0) is 35.3. The van der Waals surface area contributed by atoms with E-state index in [-0.39, 0.29) is 38.6 Å². The molecular formula is C35H33Cl2N9O4. The van der Waals surface area contributed by atoms with Gasteiger partial charge in [0.1, 0.15) is 5.75 Å². The number of benzene rings is 4. The Kier molecular flexibility index (Phi) is 12.5. The highest BCUT2D eigenvalue weighted by Crippen LogP contribution is 2.44. The van der Waals surface area contributed by atoms with Gasteiger partial charge < -0.3 is 14.6 Å². The minimum atomic E-state index is -1.62. The fourth-order valence-corrected chi connectivity index (χ4v) is 5.89. The van der Waals surface area contributed by atoms with Crippen molar-refractivity contribution in [2.75, 3.05) is 13.2 Å². The second-order valence-electron chi connectivity index (χ2n) is 11.3. The first-order chi connectivity index (χ1) is 24.4. The van der Waals surface area contributed by atoms with E-state index in [0.717, 1.165) is 16.7 Å². The highest BCUT2D eigenvalue weighted by Gasteiger charge is 2.54. The molecule has 0 saturated heterocycles. The second-order valence-corrected chi connectivity index (χ2v) is 12.1. The van der Waals surface area contributed by atoms with Gasteiger partial charge in [-0.05, 0) is 75.3 Å². The molecule has 0 fully saturated rings. The van der Waals surface area contributed by atoms with Gasteiger partial charge in [-0.1, -0.05) is 88.0 Å². The third-order valence-corrected chi connectivity index (χ3v) is 8.77. The van der Waals surface area contributed by atoms with Crippen molar-refractivity contribution in [1.29, 1.82) is 0 Å². The summed E-state index contributed by atoms with van der Waals surface area (Å²) in [6.07, 6.45) is -0.439. The van der Waals surface area contributed by atoms with Crippen LogP contribution in [0.15, 0.2) is 106 Å². The number of aliphatic hydroxyl groups is 1. The van der Waals surface area contributed by atoms with Crippen LogP contribution in [-0.4, -0.2) is 35.7 Å². The zero-order valence-electron chi connectivity index (χ0n) is 26.7. The molecule has 1 amide bonds. The number of nitrogens with one attached hydrogen (secondary N) is 2. The number of aliphatic imine (C=N–C) groups is 1. The summed E-state index contributed by atoms with van der Waals surface area (Å²) < 4.78 is 12.4. The zero-order valence-corrected chi connectivity index (χ0v) is 28.3. The van der Waals surface area contributed by atoms with Crippen molar-refractivity contribution in [3.8, 4) is 5.75 Å². The number of hydrazine groups is 1. The van der Waals surface area contributed by atoms with E-state index in [1.807, 2.05) is 48.5 Å². The van der Waals surface area contributed by atoms with E-state index in [0.29, 0.717) is 45.5 Å². The normalized spacial score (nSPS) is 16.4. The van der Waals surface area contributed by atoms with Gasteiger partial charge in [0, 0.05) is 41.4 Å². The Morgan fingerprint density at radius 2 is 1.60 bits per heavy atom. The topological polar surface area (TPSA) is 190 Å². The van der Waals surface area contributed by atoms with E-state index in [4.69, 9.17) is 53.8 Å². The molecule has 1 aliphatic rings. The molecule has 256 valence electrons. The quantitative estimate of drug-likeness (QED) is 0.0352. The molecule has 50 heavy (non-hydrogen) atoms. The van der Waals surface area contributed by atoms with Gasteiger partial charge in [0.05, 0.1) is 29.7 Å². The maximum Gasteiger partial charge on any atom is 0.266 e. The van der Waals surface area contributed by atoms with Crippen LogP contribution in [-0.2, 0) is 35.6 Å². The first kappa shape index (κ1) is 36.0. The molecule has 0 unspecified atom stereocenters. The van der Waals surface area contributed by atoms with Gasteiger partial charge in [-0.15, -0.1) is 0 Å². The number of halogens is 2. The summed E-state index contributed by atoms with van der Waals surface area (Å²) in [6, 6.07) is 26.9. The van der Waals surface area contributed by atoms with Crippen LogP contribution >= 0.6 is 23.2 Å². The van der Waals surface area contributed by atoms with Crippen molar-refractivity contribution in [3.63, 3.8) is 0 Å². The van der Waals surface area contributed by atoms with Gasteiger partial charge >= 0.3 is 0 Å². The summed E-state index contributed by atoms with van der Waals surface area (Å²) in [5.74, 6) is 0.306. The van der Waals surface area contributed by atoms with Gasteiger partial charge in [-0.25, -0.2) is 10.4 Å². The van der Waals surface area contributed by atoms with Gasteiger partial charge in [-0.2, -0.15) is 0 Å². The Morgan fingerprint density at radius 3 is 2.30 bits per heavy atom. The number of carbonyl (C=O) groups is 1. The average Bonchev–Trinajstić information content (AvgIpc) is 3.52. The van der Waals surface area contributed by atoms with E-state index in [1.165, 1.54) is 0 Å². The third-order valence-electron chi connectivity index (χ3n) is 8.03.